The molecule has 1 fully saturated rings. The van der Waals surface area contributed by atoms with Gasteiger partial charge in [0.2, 0.25) is 0 Å². The molecule has 0 aliphatic carbocycles. The number of fused-ring (bicyclic) bond motifs is 1. The van der Waals surface area contributed by atoms with Crippen LogP contribution in [0.5, 0.6) is 5.75 Å². The second-order valence-corrected chi connectivity index (χ2v) is 9.66. The molecule has 0 spiro atoms. The molecular formula is C24H26FN5O3S. The van der Waals surface area contributed by atoms with Crippen LogP contribution in [0.4, 0.5) is 4.39 Å². The number of hydrogen-bond acceptors (Lipinski definition) is 9. The predicted molar refractivity (Wildman–Crippen MR) is 127 cm³/mol. The monoisotopic (exact) mass is 483 g/mol. The van der Waals surface area contributed by atoms with E-state index in [-0.39, 0.29) is 12.4 Å². The van der Waals surface area contributed by atoms with Gasteiger partial charge in [0.25, 0.3) is 5.89 Å². The molecule has 0 unspecified atom stereocenters. The van der Waals surface area contributed by atoms with Crippen molar-refractivity contribution in [2.24, 2.45) is 0 Å². The van der Waals surface area contributed by atoms with Crippen LogP contribution in [-0.4, -0.2) is 75.5 Å². The number of aryl methyl sites for hydroxylation is 1. The summed E-state index contributed by atoms with van der Waals surface area (Å²) < 4.78 is 25.6. The summed E-state index contributed by atoms with van der Waals surface area (Å²) in [6.07, 6.45) is -0.573. The van der Waals surface area contributed by atoms with Crippen molar-refractivity contribution in [2.45, 2.75) is 19.6 Å². The third-order valence-corrected chi connectivity index (χ3v) is 6.68. The number of piperazine rings is 1. The minimum atomic E-state index is -0.573. The van der Waals surface area contributed by atoms with Crippen LogP contribution in [0.2, 0.25) is 0 Å². The smallest absolute Gasteiger partial charge is 0.258 e. The highest BCUT2D eigenvalue weighted by Crippen LogP contribution is 2.26. The molecule has 3 heterocycles. The van der Waals surface area contributed by atoms with E-state index in [1.807, 2.05) is 25.1 Å². The Morgan fingerprint density at radius 1 is 1.12 bits per heavy atom. The van der Waals surface area contributed by atoms with E-state index in [0.29, 0.717) is 30.4 Å². The van der Waals surface area contributed by atoms with Crippen molar-refractivity contribution < 1.29 is 18.8 Å². The van der Waals surface area contributed by atoms with E-state index in [1.165, 1.54) is 12.1 Å². The van der Waals surface area contributed by atoms with E-state index in [4.69, 9.17) is 9.26 Å². The average Bonchev–Trinajstić information content (AvgIpc) is 3.44. The quantitative estimate of drug-likeness (QED) is 0.408. The molecule has 4 aromatic rings. The third kappa shape index (κ3) is 5.58. The highest BCUT2D eigenvalue weighted by atomic mass is 32.1. The molecule has 0 bridgehead atoms. The Hall–Kier alpha value is -2.92. The Morgan fingerprint density at radius 2 is 1.94 bits per heavy atom. The van der Waals surface area contributed by atoms with Crippen LogP contribution in [0.1, 0.15) is 10.8 Å². The number of halogens is 1. The first-order chi connectivity index (χ1) is 16.5. The van der Waals surface area contributed by atoms with E-state index < -0.39 is 6.10 Å². The summed E-state index contributed by atoms with van der Waals surface area (Å²) in [6, 6.07) is 11.9. The standard InChI is InChI=1S/C24H26FN5O3S/c1-16-26-21-6-5-20(12-22(21)34-16)32-15-19(31)13-29-7-9-30(10-8-29)14-23-27-24(33-28-23)17-3-2-4-18(25)11-17/h2-6,11-12,19,31H,7-10,13-15H2,1H3/t19-/m1/s1. The molecule has 1 atom stereocenters. The van der Waals surface area contributed by atoms with Crippen molar-refractivity contribution in [1.82, 2.24) is 24.9 Å². The fraction of sp³-hybridized carbons (Fsp3) is 0.375. The lowest BCUT2D eigenvalue weighted by Crippen LogP contribution is -2.48. The lowest BCUT2D eigenvalue weighted by molar-refractivity contribution is 0.0440. The zero-order chi connectivity index (χ0) is 23.5. The number of rotatable bonds is 8. The van der Waals surface area contributed by atoms with E-state index >= 15 is 0 Å². The van der Waals surface area contributed by atoms with Crippen LogP contribution in [0, 0.1) is 12.7 Å². The van der Waals surface area contributed by atoms with E-state index in [0.717, 1.165) is 47.2 Å². The Kier molecular flexibility index (Phi) is 6.82. The number of aromatic nitrogens is 3. The van der Waals surface area contributed by atoms with Crippen molar-refractivity contribution in [3.63, 3.8) is 0 Å². The molecule has 5 rings (SSSR count). The van der Waals surface area contributed by atoms with Gasteiger partial charge in [-0.2, -0.15) is 4.98 Å². The number of β-amino-alcohol motifs (C(OH)–C–C–N with tert-alkyl or cyclic N) is 1. The third-order valence-electron chi connectivity index (χ3n) is 5.75. The molecule has 34 heavy (non-hydrogen) atoms. The maximum Gasteiger partial charge on any atom is 0.258 e. The van der Waals surface area contributed by atoms with Crippen LogP contribution in [-0.2, 0) is 6.54 Å². The van der Waals surface area contributed by atoms with Crippen LogP contribution in [0.3, 0.4) is 0 Å². The topological polar surface area (TPSA) is 87.8 Å². The van der Waals surface area contributed by atoms with Gasteiger partial charge in [-0.25, -0.2) is 9.37 Å². The Morgan fingerprint density at radius 3 is 2.76 bits per heavy atom. The van der Waals surface area contributed by atoms with E-state index in [1.54, 1.807) is 23.5 Å². The second-order valence-electron chi connectivity index (χ2n) is 8.43. The number of aliphatic hydroxyl groups excluding tert-OH is 1. The summed E-state index contributed by atoms with van der Waals surface area (Å²) in [4.78, 5) is 13.3. The second kappa shape index (κ2) is 10.1. The van der Waals surface area contributed by atoms with Crippen LogP contribution >= 0.6 is 11.3 Å². The van der Waals surface area contributed by atoms with Crippen molar-refractivity contribution >= 4 is 21.6 Å². The first kappa shape index (κ1) is 22.9. The summed E-state index contributed by atoms with van der Waals surface area (Å²) in [5, 5.41) is 15.5. The van der Waals surface area contributed by atoms with E-state index in [2.05, 4.69) is 24.9 Å². The SMILES string of the molecule is Cc1nc2ccc(OC[C@H](O)CN3CCN(Cc4noc(-c5cccc(F)c5)n4)CC3)cc2s1. The van der Waals surface area contributed by atoms with Crippen molar-refractivity contribution in [3.05, 3.63) is 59.1 Å². The van der Waals surface area contributed by atoms with Gasteiger partial charge in [0.1, 0.15) is 24.3 Å². The summed E-state index contributed by atoms with van der Waals surface area (Å²) in [5.41, 5.74) is 1.54. The normalized spacial score (nSPS) is 16.2. The first-order valence-corrected chi connectivity index (χ1v) is 12.0. The molecule has 0 saturated carbocycles. The summed E-state index contributed by atoms with van der Waals surface area (Å²) in [6.45, 7) is 6.68. The van der Waals surface area contributed by atoms with Crippen LogP contribution in [0.15, 0.2) is 47.0 Å². The zero-order valence-corrected chi connectivity index (χ0v) is 19.7. The van der Waals surface area contributed by atoms with Crippen LogP contribution in [0.25, 0.3) is 21.7 Å². The van der Waals surface area contributed by atoms with Gasteiger partial charge in [0.05, 0.1) is 21.8 Å². The van der Waals surface area contributed by atoms with Gasteiger partial charge in [-0.15, -0.1) is 11.3 Å². The highest BCUT2D eigenvalue weighted by molar-refractivity contribution is 7.18. The highest BCUT2D eigenvalue weighted by Gasteiger charge is 2.21. The van der Waals surface area contributed by atoms with Gasteiger partial charge in [0, 0.05) is 38.3 Å². The van der Waals surface area contributed by atoms with Gasteiger partial charge in [0.15, 0.2) is 5.82 Å². The Bertz CT molecular complexity index is 1250. The predicted octanol–water partition coefficient (Wildman–Crippen LogP) is 3.35. The molecule has 1 aliphatic rings. The van der Waals surface area contributed by atoms with Gasteiger partial charge in [-0.05, 0) is 43.3 Å². The lowest BCUT2D eigenvalue weighted by atomic mass is 10.2. The summed E-state index contributed by atoms with van der Waals surface area (Å²) in [7, 11) is 0. The summed E-state index contributed by atoms with van der Waals surface area (Å²) >= 11 is 1.63. The molecular weight excluding hydrogens is 457 g/mol. The molecule has 2 aromatic carbocycles. The zero-order valence-electron chi connectivity index (χ0n) is 18.9. The number of aliphatic hydroxyl groups is 1. The molecule has 0 radical (unpaired) electrons. The molecule has 10 heteroatoms. The van der Waals surface area contributed by atoms with Gasteiger partial charge < -0.3 is 14.4 Å². The fourth-order valence-electron chi connectivity index (χ4n) is 4.04. The maximum absolute atomic E-state index is 13.4. The Labute approximate surface area is 200 Å². The fourth-order valence-corrected chi connectivity index (χ4v) is 4.90. The first-order valence-electron chi connectivity index (χ1n) is 11.2. The largest absolute Gasteiger partial charge is 0.491 e. The van der Waals surface area contributed by atoms with Crippen molar-refractivity contribution in [1.29, 1.82) is 0 Å². The molecule has 0 amide bonds. The molecule has 178 valence electrons. The lowest BCUT2D eigenvalue weighted by Gasteiger charge is -2.34. The molecule has 8 nitrogen and oxygen atoms in total. The van der Waals surface area contributed by atoms with Crippen LogP contribution < -0.4 is 4.74 Å². The number of thiazole rings is 1. The average molecular weight is 484 g/mol. The maximum atomic E-state index is 13.4. The minimum Gasteiger partial charge on any atom is -0.491 e. The number of nitrogens with zero attached hydrogens (tertiary/aromatic N) is 5. The molecule has 1 N–H and O–H groups in total. The minimum absolute atomic E-state index is 0.245. The molecule has 2 aromatic heterocycles. The van der Waals surface area contributed by atoms with Crippen molar-refractivity contribution in [3.8, 4) is 17.2 Å². The Balaban J connectivity index is 1.06. The number of benzene rings is 2. The van der Waals surface area contributed by atoms with Crippen molar-refractivity contribution in [2.75, 3.05) is 39.3 Å². The van der Waals surface area contributed by atoms with Gasteiger partial charge in [-0.1, -0.05) is 11.2 Å². The van der Waals surface area contributed by atoms with Gasteiger partial charge in [-0.3, -0.25) is 9.80 Å². The molecule has 1 saturated heterocycles. The number of ether oxygens (including phenoxy) is 1. The summed E-state index contributed by atoms with van der Waals surface area (Å²) in [5.74, 6) is 1.31. The van der Waals surface area contributed by atoms with E-state index in [9.17, 15) is 9.50 Å². The number of hydrogen-bond donors (Lipinski definition) is 1. The molecule has 1 aliphatic heterocycles. The van der Waals surface area contributed by atoms with Gasteiger partial charge >= 0.3 is 0 Å².